The molecule has 0 atom stereocenters. The zero-order valence-electron chi connectivity index (χ0n) is 6.66. The summed E-state index contributed by atoms with van der Waals surface area (Å²) < 4.78 is 0. The zero-order chi connectivity index (χ0) is 8.57. The molecule has 0 aliphatic carbocycles. The Labute approximate surface area is 144 Å². The summed E-state index contributed by atoms with van der Waals surface area (Å²) in [4.78, 5) is 22.7. The van der Waals surface area contributed by atoms with Gasteiger partial charge in [-0.1, -0.05) is 0 Å². The van der Waals surface area contributed by atoms with Crippen molar-refractivity contribution in [2.24, 2.45) is 0 Å². The molecule has 0 saturated carbocycles. The van der Waals surface area contributed by atoms with Crippen LogP contribution in [0, 0.1) is 0 Å². The molecule has 0 unspecified atom stereocenters. The first-order chi connectivity index (χ1) is 4.54. The van der Waals surface area contributed by atoms with E-state index in [9.17, 15) is 0 Å². The van der Waals surface area contributed by atoms with E-state index >= 15 is 0 Å². The third kappa shape index (κ3) is 98.8. The summed E-state index contributed by atoms with van der Waals surface area (Å²) in [6, 6.07) is 0. The quantitative estimate of drug-likeness (QED) is 0.142. The van der Waals surface area contributed by atoms with E-state index in [0.29, 0.717) is 0 Å². The molecule has 0 aromatic rings. The molecule has 0 aromatic heterocycles. The first-order valence-corrected chi connectivity index (χ1v) is 1.59. The maximum Gasteiger partial charge on any atom is 2.00 e. The van der Waals surface area contributed by atoms with E-state index in [1.165, 1.54) is 0 Å². The van der Waals surface area contributed by atoms with Crippen molar-refractivity contribution >= 4 is 94.2 Å². The van der Waals surface area contributed by atoms with Crippen LogP contribution >= 0.6 is 0 Å². The molecular weight excluding hydrogens is 806 g/mol. The molecule has 6 radical (unpaired) electrons. The minimum absolute atomic E-state index is 0. The maximum atomic E-state index is 8.78. The summed E-state index contributed by atoms with van der Waals surface area (Å²) in [5, 5.41) is 31.5. The number of rotatable bonds is 0. The average molecular weight is 808 g/mol. The molecule has 0 spiro atoms. The zero-order valence-corrected chi connectivity index (χ0v) is 18.3. The van der Waals surface area contributed by atoms with Gasteiger partial charge in [0.25, 0.3) is 12.3 Å². The predicted octanol–water partition coefficient (Wildman–Crippen LogP) is -3.74. The van der Waals surface area contributed by atoms with E-state index in [0.717, 1.165) is 0 Å². The molecular formula is C2H2O10Pb3. The van der Waals surface area contributed by atoms with Gasteiger partial charge in [-0.15, -0.1) is 0 Å². The molecule has 0 aromatic carbocycles. The first kappa shape index (κ1) is 44.3. The van der Waals surface area contributed by atoms with Crippen LogP contribution in [0.25, 0.3) is 0 Å². The van der Waals surface area contributed by atoms with Crippen LogP contribution in [0.3, 0.4) is 0 Å². The number of hydrogen-bond donors (Lipinski definition) is 2. The fraction of sp³-hybridized carbons (Fsp3) is 0. The van der Waals surface area contributed by atoms with Gasteiger partial charge in [0.15, 0.2) is 0 Å². The van der Waals surface area contributed by atoms with Gasteiger partial charge in [0.2, 0.25) is 0 Å². The fourth-order valence-electron chi connectivity index (χ4n) is 0. The van der Waals surface area contributed by atoms with Gasteiger partial charge in [0.05, 0.1) is 0 Å². The number of carboxylic acid groups (broad SMARTS) is 2. The van der Waals surface area contributed by atoms with Crippen LogP contribution in [-0.2, 0) is 20.7 Å². The monoisotopic (exact) mass is 810 g/mol. The predicted molar refractivity (Wildman–Crippen MR) is 36.9 cm³/mol. The van der Waals surface area contributed by atoms with Crippen molar-refractivity contribution in [2.45, 2.75) is 0 Å². The van der Waals surface area contributed by atoms with Gasteiger partial charge in [-0.05, 0) is 0 Å². The summed E-state index contributed by atoms with van der Waals surface area (Å²) in [5.41, 5.74) is 0. The molecule has 0 aliphatic heterocycles. The van der Waals surface area contributed by atoms with Gasteiger partial charge in [0.1, 0.15) is 0 Å². The van der Waals surface area contributed by atoms with Crippen molar-refractivity contribution in [3.63, 3.8) is 0 Å². The van der Waals surface area contributed by atoms with Crippen LogP contribution in [0.15, 0.2) is 0 Å². The molecule has 13 heteroatoms. The number of carbonyl (C=O) groups excluding carboxylic acids is 2. The Balaban J connectivity index is -0.0000000128. The summed E-state index contributed by atoms with van der Waals surface area (Å²) in [6.45, 7) is 0. The van der Waals surface area contributed by atoms with Crippen LogP contribution < -0.4 is 10.2 Å². The average Bonchev–Trinajstić information content (AvgIpc) is 1.89. The van der Waals surface area contributed by atoms with E-state index < -0.39 is 12.3 Å². The maximum absolute atomic E-state index is 8.78. The molecule has 0 bridgehead atoms. The molecule has 0 rings (SSSR count). The molecule has 10 nitrogen and oxygen atoms in total. The van der Waals surface area contributed by atoms with Crippen LogP contribution in [-0.4, -0.2) is 105 Å². The SMILES string of the molecule is O=C([O-])OO.O=C([O-])OO.[O-2].[O-2].[Pb+2].[Pb+2].[Pb+2]. The van der Waals surface area contributed by atoms with Gasteiger partial charge in [-0.3, -0.25) is 10.5 Å². The van der Waals surface area contributed by atoms with Crippen LogP contribution in [0.4, 0.5) is 9.59 Å². The van der Waals surface area contributed by atoms with E-state index in [4.69, 9.17) is 30.3 Å². The van der Waals surface area contributed by atoms with Crippen molar-refractivity contribution < 1.29 is 51.0 Å². The number of carbonyl (C=O) groups is 2. The Kier molecular flexibility index (Phi) is 107. The van der Waals surface area contributed by atoms with E-state index in [1.807, 2.05) is 0 Å². The third-order valence-corrected chi connectivity index (χ3v) is 0.149. The van der Waals surface area contributed by atoms with Crippen molar-refractivity contribution in [3.05, 3.63) is 0 Å². The second-order valence-electron chi connectivity index (χ2n) is 0.683. The Morgan fingerprint density at radius 1 is 0.800 bits per heavy atom. The Morgan fingerprint density at radius 2 is 0.867 bits per heavy atom. The summed E-state index contributed by atoms with van der Waals surface area (Å²) in [6.07, 6.45) is -3.88. The van der Waals surface area contributed by atoms with Crippen molar-refractivity contribution in [3.8, 4) is 0 Å². The topological polar surface area (TPSA) is 196 Å². The van der Waals surface area contributed by atoms with Gasteiger partial charge in [-0.2, -0.15) is 0 Å². The standard InChI is InChI=1S/2CH2O4.2O.3Pb/c2*2-1(3)5-4;;;;;/h2*4H,(H,2,3);;;;;/q;;2*-2;3*+2/p-2. The van der Waals surface area contributed by atoms with Gasteiger partial charge in [-0.25, -0.2) is 0 Å². The van der Waals surface area contributed by atoms with Crippen LogP contribution in [0.5, 0.6) is 0 Å². The van der Waals surface area contributed by atoms with Crippen molar-refractivity contribution in [1.82, 2.24) is 0 Å². The largest absolute Gasteiger partial charge is 2.00 e. The van der Waals surface area contributed by atoms with Crippen LogP contribution in [0.2, 0.25) is 0 Å². The Bertz CT molecular complexity index is 103. The second-order valence-corrected chi connectivity index (χ2v) is 0.683. The molecule has 0 fully saturated rings. The molecule has 0 amide bonds. The minimum atomic E-state index is -1.94. The minimum Gasteiger partial charge on any atom is -2.00 e. The smallest absolute Gasteiger partial charge is 2.00 e. The second kappa shape index (κ2) is 36.2. The summed E-state index contributed by atoms with van der Waals surface area (Å²) >= 11 is 0. The van der Waals surface area contributed by atoms with E-state index in [-0.39, 0.29) is 92.8 Å². The summed E-state index contributed by atoms with van der Waals surface area (Å²) in [5.74, 6) is 0. The normalized spacial score (nSPS) is 4.40. The van der Waals surface area contributed by atoms with Gasteiger partial charge < -0.3 is 40.5 Å². The van der Waals surface area contributed by atoms with Gasteiger partial charge in [0, 0.05) is 0 Å². The molecule has 0 aliphatic rings. The molecule has 0 heterocycles. The summed E-state index contributed by atoms with van der Waals surface area (Å²) in [7, 11) is 0. The Hall–Kier alpha value is 1.15. The van der Waals surface area contributed by atoms with Gasteiger partial charge >= 0.3 is 81.9 Å². The molecule has 0 saturated heterocycles. The third-order valence-electron chi connectivity index (χ3n) is 0.149. The fourth-order valence-corrected chi connectivity index (χ4v) is 0. The van der Waals surface area contributed by atoms with Crippen LogP contribution in [0.1, 0.15) is 0 Å². The number of hydrogen-bond acceptors (Lipinski definition) is 8. The van der Waals surface area contributed by atoms with Crippen molar-refractivity contribution in [1.29, 1.82) is 0 Å². The molecule has 15 heavy (non-hydrogen) atoms. The first-order valence-electron chi connectivity index (χ1n) is 1.59. The molecule has 82 valence electrons. The van der Waals surface area contributed by atoms with E-state index in [1.54, 1.807) is 0 Å². The molecule has 2 N–H and O–H groups in total. The Morgan fingerprint density at radius 3 is 0.867 bits per heavy atom. The van der Waals surface area contributed by atoms with E-state index in [2.05, 4.69) is 9.78 Å². The van der Waals surface area contributed by atoms with Crippen molar-refractivity contribution in [2.75, 3.05) is 0 Å².